The first kappa shape index (κ1) is 14.5. The predicted octanol–water partition coefficient (Wildman–Crippen LogP) is -3.19. The molecule has 4 N–H and O–H groups in total. The van der Waals surface area contributed by atoms with E-state index in [0.29, 0.717) is 0 Å². The molecule has 0 saturated carbocycles. The number of hydrogen-bond acceptors (Lipinski definition) is 7. The van der Waals surface area contributed by atoms with Crippen LogP contribution in [0.2, 0.25) is 0 Å². The van der Waals surface area contributed by atoms with Gasteiger partial charge in [-0.3, -0.25) is 0 Å². The Kier molecular flexibility index (Phi) is 6.29. The van der Waals surface area contributed by atoms with Crippen LogP contribution < -0.4 is 0 Å². The molecule has 7 heteroatoms. The third-order valence-corrected chi connectivity index (χ3v) is 1.70. The number of carbonyl (C=O) groups is 2. The Morgan fingerprint density at radius 2 is 1.88 bits per heavy atom. The Morgan fingerprint density at radius 1 is 1.31 bits per heavy atom. The minimum absolute atomic E-state index is 0.0482. The second kappa shape index (κ2) is 6.92. The van der Waals surface area contributed by atoms with Crippen LogP contribution in [0.4, 0.5) is 0 Å². The number of hydrogen-bond donors (Lipinski definition) is 4. The molecule has 0 aromatic carbocycles. The fraction of sp³-hybridized carbons (Fsp3) is 0.556. The van der Waals surface area contributed by atoms with E-state index < -0.39 is 37.0 Å². The first-order valence-corrected chi connectivity index (χ1v) is 4.23. The Morgan fingerprint density at radius 3 is 2.31 bits per heavy atom. The smallest absolute Gasteiger partial charge is 0.338 e. The lowest BCUT2D eigenvalue weighted by Crippen LogP contribution is -2.48. The Bertz CT molecular complexity index is 282. The number of esters is 1. The molecule has 4 atom stereocenters. The number of carbonyl (C=O) groups excluding carboxylic acids is 2. The van der Waals surface area contributed by atoms with Crippen LogP contribution in [-0.4, -0.2) is 63.7 Å². The summed E-state index contributed by atoms with van der Waals surface area (Å²) in [6.45, 7) is -0.408. The maximum atomic E-state index is 10.9. The molecular weight excluding hydrogens is 220 g/mol. The van der Waals surface area contributed by atoms with Crippen molar-refractivity contribution in [2.24, 2.45) is 0 Å². The van der Waals surface area contributed by atoms with Crippen LogP contribution in [0.15, 0.2) is 0 Å². The summed E-state index contributed by atoms with van der Waals surface area (Å²) in [6, 6.07) is 0. The van der Waals surface area contributed by atoms with E-state index in [-0.39, 0.29) is 6.29 Å². The number of aliphatic hydroxyl groups is 4. The van der Waals surface area contributed by atoms with Crippen molar-refractivity contribution in [2.45, 2.75) is 24.4 Å². The van der Waals surface area contributed by atoms with E-state index in [1.165, 1.54) is 0 Å². The fourth-order valence-corrected chi connectivity index (χ4v) is 0.807. The topological polar surface area (TPSA) is 124 Å². The Hall–Kier alpha value is -1.46. The van der Waals surface area contributed by atoms with Crippen LogP contribution in [0.1, 0.15) is 0 Å². The van der Waals surface area contributed by atoms with Crippen molar-refractivity contribution in [3.8, 4) is 12.3 Å². The van der Waals surface area contributed by atoms with Gasteiger partial charge in [0.2, 0.25) is 0 Å². The maximum absolute atomic E-state index is 10.9. The van der Waals surface area contributed by atoms with Crippen molar-refractivity contribution in [3.63, 3.8) is 0 Å². The van der Waals surface area contributed by atoms with Crippen molar-refractivity contribution in [1.29, 1.82) is 0 Å². The summed E-state index contributed by atoms with van der Waals surface area (Å²) >= 11 is 0. The fourth-order valence-electron chi connectivity index (χ4n) is 0.807. The lowest BCUT2D eigenvalue weighted by Gasteiger charge is -2.22. The first-order chi connectivity index (χ1) is 7.45. The summed E-state index contributed by atoms with van der Waals surface area (Å²) in [5, 5.41) is 36.3. The van der Waals surface area contributed by atoms with Crippen molar-refractivity contribution >= 4 is 12.3 Å². The molecule has 0 rings (SSSR count). The largest absolute Gasteiger partial charge is 0.451 e. The van der Waals surface area contributed by atoms with Gasteiger partial charge in [-0.1, -0.05) is 5.92 Å². The van der Waals surface area contributed by atoms with Gasteiger partial charge in [0.05, 0.1) is 0 Å². The SMILES string of the molecule is C#CCOC(=O)[C@@H](O)[C@@H](O)[C@H](O)[C@@H](O)C=O. The number of ether oxygens (including phenoxy) is 1. The molecule has 0 aliphatic heterocycles. The summed E-state index contributed by atoms with van der Waals surface area (Å²) in [7, 11) is 0. The van der Waals surface area contributed by atoms with Crippen molar-refractivity contribution in [1.82, 2.24) is 0 Å². The van der Waals surface area contributed by atoms with E-state index in [9.17, 15) is 14.7 Å². The van der Waals surface area contributed by atoms with Crippen LogP contribution in [0.3, 0.4) is 0 Å². The molecule has 0 fully saturated rings. The van der Waals surface area contributed by atoms with E-state index in [1.54, 1.807) is 0 Å². The van der Waals surface area contributed by atoms with Crippen LogP contribution >= 0.6 is 0 Å². The van der Waals surface area contributed by atoms with Crippen molar-refractivity contribution < 1.29 is 34.8 Å². The highest BCUT2D eigenvalue weighted by Gasteiger charge is 2.35. The van der Waals surface area contributed by atoms with Gasteiger partial charge in [-0.25, -0.2) is 4.79 Å². The number of rotatable bonds is 6. The summed E-state index contributed by atoms with van der Waals surface area (Å²) in [5.41, 5.74) is 0. The lowest BCUT2D eigenvalue weighted by atomic mass is 10.0. The van der Waals surface area contributed by atoms with E-state index in [0.717, 1.165) is 0 Å². The van der Waals surface area contributed by atoms with Crippen molar-refractivity contribution in [2.75, 3.05) is 6.61 Å². The summed E-state index contributed by atoms with van der Waals surface area (Å²) < 4.78 is 4.27. The molecule has 0 saturated heterocycles. The zero-order valence-electron chi connectivity index (χ0n) is 8.18. The maximum Gasteiger partial charge on any atom is 0.338 e. The van der Waals surface area contributed by atoms with Crippen LogP contribution in [0.5, 0.6) is 0 Å². The normalized spacial score (nSPS) is 17.7. The number of aliphatic hydroxyl groups excluding tert-OH is 4. The zero-order valence-corrected chi connectivity index (χ0v) is 8.18. The zero-order chi connectivity index (χ0) is 12.7. The van der Waals surface area contributed by atoms with Gasteiger partial charge < -0.3 is 30.0 Å². The molecule has 0 aromatic heterocycles. The molecule has 0 heterocycles. The molecule has 0 aliphatic carbocycles. The third kappa shape index (κ3) is 3.96. The summed E-state index contributed by atoms with van der Waals surface area (Å²) in [5.74, 6) is 0.690. The van der Waals surface area contributed by atoms with Gasteiger partial charge in [0.1, 0.15) is 18.3 Å². The molecule has 7 nitrogen and oxygen atoms in total. The highest BCUT2D eigenvalue weighted by Crippen LogP contribution is 2.05. The van der Waals surface area contributed by atoms with E-state index in [2.05, 4.69) is 4.74 Å². The van der Waals surface area contributed by atoms with E-state index in [4.69, 9.17) is 21.7 Å². The van der Waals surface area contributed by atoms with E-state index >= 15 is 0 Å². The third-order valence-electron chi connectivity index (χ3n) is 1.70. The van der Waals surface area contributed by atoms with Crippen molar-refractivity contribution in [3.05, 3.63) is 0 Å². The molecule has 0 spiro atoms. The number of terminal acetylenes is 1. The highest BCUT2D eigenvalue weighted by molar-refractivity contribution is 5.75. The molecule has 0 unspecified atom stereocenters. The molecule has 0 aliphatic rings. The average Bonchev–Trinajstić information content (AvgIpc) is 2.31. The second-order valence-corrected chi connectivity index (χ2v) is 2.86. The standard InChI is InChI=1S/C9H12O7/c1-2-3-16-9(15)8(14)7(13)6(12)5(11)4-10/h1,4-8,11-14H,3H2/t5-,6+,7-,8-/m0/s1. The van der Waals surface area contributed by atoms with Gasteiger partial charge in [0, 0.05) is 0 Å². The molecule has 16 heavy (non-hydrogen) atoms. The first-order valence-electron chi connectivity index (χ1n) is 4.23. The van der Waals surface area contributed by atoms with Gasteiger partial charge in [0.15, 0.2) is 19.0 Å². The number of aldehydes is 1. The lowest BCUT2D eigenvalue weighted by molar-refractivity contribution is -0.168. The van der Waals surface area contributed by atoms with Crippen LogP contribution in [0, 0.1) is 12.3 Å². The predicted molar refractivity (Wildman–Crippen MR) is 49.9 cm³/mol. The molecular formula is C9H12O7. The summed E-state index contributed by atoms with van der Waals surface area (Å²) in [4.78, 5) is 21.0. The molecule has 0 amide bonds. The monoisotopic (exact) mass is 232 g/mol. The molecule has 0 radical (unpaired) electrons. The van der Waals surface area contributed by atoms with Gasteiger partial charge >= 0.3 is 5.97 Å². The molecule has 0 bridgehead atoms. The second-order valence-electron chi connectivity index (χ2n) is 2.86. The van der Waals surface area contributed by atoms with Gasteiger partial charge in [-0.15, -0.1) is 6.42 Å². The van der Waals surface area contributed by atoms with Gasteiger partial charge in [0.25, 0.3) is 0 Å². The highest BCUT2D eigenvalue weighted by atomic mass is 16.5. The van der Waals surface area contributed by atoms with E-state index in [1.807, 2.05) is 5.92 Å². The Balaban J connectivity index is 4.37. The van der Waals surface area contributed by atoms with Crippen LogP contribution in [-0.2, 0) is 14.3 Å². The summed E-state index contributed by atoms with van der Waals surface area (Å²) in [6.07, 6.45) is -3.33. The van der Waals surface area contributed by atoms with Gasteiger partial charge in [-0.05, 0) is 0 Å². The minimum atomic E-state index is -2.10. The van der Waals surface area contributed by atoms with Gasteiger partial charge in [-0.2, -0.15) is 0 Å². The average molecular weight is 232 g/mol. The van der Waals surface area contributed by atoms with Crippen LogP contribution in [0.25, 0.3) is 0 Å². The Labute approximate surface area is 91.3 Å². The molecule has 0 aromatic rings. The molecule has 90 valence electrons. The minimum Gasteiger partial charge on any atom is -0.451 e. The quantitative estimate of drug-likeness (QED) is 0.216.